The van der Waals surface area contributed by atoms with Crippen molar-refractivity contribution in [3.05, 3.63) is 107 Å². The quantitative estimate of drug-likeness (QED) is 0.375. The van der Waals surface area contributed by atoms with E-state index in [4.69, 9.17) is 16.3 Å². The van der Waals surface area contributed by atoms with Gasteiger partial charge in [-0.1, -0.05) is 84.4 Å². The van der Waals surface area contributed by atoms with Gasteiger partial charge in [0.25, 0.3) is 0 Å². The van der Waals surface area contributed by atoms with Gasteiger partial charge in [-0.2, -0.15) is 0 Å². The maximum atomic E-state index is 10.9. The Morgan fingerprint density at radius 3 is 2.33 bits per heavy atom. The zero-order valence-corrected chi connectivity index (χ0v) is 21.1. The second kappa shape index (κ2) is 12.0. The average molecular weight is 466 g/mol. The van der Waals surface area contributed by atoms with Gasteiger partial charge in [0.2, 0.25) is 5.88 Å². The number of nitrogens with zero attached hydrogens (tertiary/aromatic N) is 1. The van der Waals surface area contributed by atoms with Gasteiger partial charge in [0.05, 0.1) is 5.02 Å². The summed E-state index contributed by atoms with van der Waals surface area (Å²) < 4.78 is 6.02. The third-order valence-electron chi connectivity index (χ3n) is 5.14. The van der Waals surface area contributed by atoms with Gasteiger partial charge in [-0.25, -0.2) is 4.98 Å². The Morgan fingerprint density at radius 1 is 0.879 bits per heavy atom. The molecule has 0 saturated heterocycles. The number of ether oxygens (including phenoxy) is 1. The van der Waals surface area contributed by atoms with Crippen molar-refractivity contribution in [1.29, 1.82) is 0 Å². The predicted molar refractivity (Wildman–Crippen MR) is 124 cm³/mol. The molecule has 0 atom stereocenters. The third kappa shape index (κ3) is 6.68. The molecule has 0 unspecified atom stereocenters. The molecule has 0 bridgehead atoms. The van der Waals surface area contributed by atoms with Crippen LogP contribution in [0.2, 0.25) is 5.02 Å². The number of aromatic nitrogens is 1. The van der Waals surface area contributed by atoms with Crippen LogP contribution in [-0.2, 0) is 17.8 Å². The SMILES string of the molecule is O=C([O-])CCc1ccccc1-c1cccc(-c2cc(Cl)cnc2OCc2ccccc2)c1.[Na+]. The van der Waals surface area contributed by atoms with Gasteiger partial charge < -0.3 is 14.6 Å². The molecule has 1 aromatic heterocycles. The van der Waals surface area contributed by atoms with Gasteiger partial charge in [-0.3, -0.25) is 0 Å². The maximum Gasteiger partial charge on any atom is 1.00 e. The summed E-state index contributed by atoms with van der Waals surface area (Å²) in [5.74, 6) is -0.556. The van der Waals surface area contributed by atoms with Crippen LogP contribution < -0.4 is 39.4 Å². The van der Waals surface area contributed by atoms with Crippen LogP contribution in [0.4, 0.5) is 0 Å². The Bertz CT molecular complexity index is 1230. The third-order valence-corrected chi connectivity index (χ3v) is 5.34. The summed E-state index contributed by atoms with van der Waals surface area (Å²) in [6, 6.07) is 27.5. The first kappa shape index (κ1) is 25.0. The van der Waals surface area contributed by atoms with Crippen LogP contribution in [-0.4, -0.2) is 11.0 Å². The average Bonchev–Trinajstić information content (AvgIpc) is 2.83. The minimum atomic E-state index is -1.06. The fourth-order valence-corrected chi connectivity index (χ4v) is 3.74. The van der Waals surface area contributed by atoms with Crippen molar-refractivity contribution in [2.45, 2.75) is 19.4 Å². The zero-order valence-electron chi connectivity index (χ0n) is 18.3. The van der Waals surface area contributed by atoms with Crippen LogP contribution >= 0.6 is 11.6 Å². The van der Waals surface area contributed by atoms with E-state index >= 15 is 0 Å². The Labute approximate surface area is 220 Å². The minimum Gasteiger partial charge on any atom is -0.550 e. The number of carbonyl (C=O) groups excluding carboxylic acids is 1. The molecule has 0 radical (unpaired) electrons. The van der Waals surface area contributed by atoms with Gasteiger partial charge in [0.15, 0.2) is 0 Å². The van der Waals surface area contributed by atoms with Gasteiger partial charge in [0.1, 0.15) is 6.61 Å². The Morgan fingerprint density at radius 2 is 1.58 bits per heavy atom. The molecule has 4 nitrogen and oxygen atoms in total. The fraction of sp³-hybridized carbons (Fsp3) is 0.111. The largest absolute Gasteiger partial charge is 1.00 e. The number of carboxylic acid groups (broad SMARTS) is 1. The molecule has 3 aromatic carbocycles. The molecule has 4 rings (SSSR count). The van der Waals surface area contributed by atoms with Gasteiger partial charge in [-0.15, -0.1) is 0 Å². The molecule has 160 valence electrons. The molecule has 0 aliphatic heterocycles. The summed E-state index contributed by atoms with van der Waals surface area (Å²) in [4.78, 5) is 15.4. The van der Waals surface area contributed by atoms with Crippen molar-refractivity contribution in [2.75, 3.05) is 0 Å². The number of hydrogen-bond donors (Lipinski definition) is 0. The molecule has 0 saturated carbocycles. The summed E-state index contributed by atoms with van der Waals surface area (Å²) in [7, 11) is 0. The maximum absolute atomic E-state index is 10.9. The summed E-state index contributed by atoms with van der Waals surface area (Å²) in [5, 5.41) is 11.5. The van der Waals surface area contributed by atoms with Crippen LogP contribution in [0.5, 0.6) is 5.88 Å². The molecule has 0 amide bonds. The molecule has 4 aromatic rings. The number of carboxylic acids is 1. The van der Waals surface area contributed by atoms with Gasteiger partial charge >= 0.3 is 29.6 Å². The summed E-state index contributed by atoms with van der Waals surface area (Å²) in [6.45, 7) is 0.397. The number of aliphatic carboxylic acids is 1. The van der Waals surface area contributed by atoms with Crippen molar-refractivity contribution in [3.63, 3.8) is 0 Å². The molecular formula is C27H21ClNNaO3. The standard InChI is InChI=1S/C27H22ClNO3.Na/c28-23-16-25(27(29-17-23)32-18-19-7-2-1-3-8-19)22-11-6-10-21(15-22)24-12-5-4-9-20(24)13-14-26(30)31;/h1-12,15-17H,13-14,18H2,(H,30,31);/q;+1/p-1. The number of pyridine rings is 1. The first-order chi connectivity index (χ1) is 15.6. The van der Waals surface area contributed by atoms with E-state index in [1.165, 1.54) is 0 Å². The van der Waals surface area contributed by atoms with Crippen molar-refractivity contribution in [2.24, 2.45) is 0 Å². The molecule has 6 heteroatoms. The first-order valence-electron chi connectivity index (χ1n) is 10.3. The van der Waals surface area contributed by atoms with E-state index in [9.17, 15) is 9.90 Å². The summed E-state index contributed by atoms with van der Waals surface area (Å²) >= 11 is 6.26. The van der Waals surface area contributed by atoms with Crippen LogP contribution in [0.1, 0.15) is 17.5 Å². The molecule has 0 aliphatic rings. The number of hydrogen-bond acceptors (Lipinski definition) is 4. The van der Waals surface area contributed by atoms with E-state index in [1.807, 2.05) is 84.9 Å². The Kier molecular flexibility index (Phi) is 9.10. The Balaban J connectivity index is 0.00000306. The predicted octanol–water partition coefficient (Wildman–Crippen LogP) is 2.33. The van der Waals surface area contributed by atoms with Crippen LogP contribution in [0.3, 0.4) is 0 Å². The van der Waals surface area contributed by atoms with E-state index in [0.717, 1.165) is 33.4 Å². The second-order valence-electron chi connectivity index (χ2n) is 7.39. The van der Waals surface area contributed by atoms with Crippen LogP contribution in [0.15, 0.2) is 91.1 Å². The first-order valence-corrected chi connectivity index (χ1v) is 10.7. The van der Waals surface area contributed by atoms with Crippen LogP contribution in [0.25, 0.3) is 22.3 Å². The molecule has 0 aliphatic carbocycles. The van der Waals surface area contributed by atoms with E-state index in [1.54, 1.807) is 6.20 Å². The monoisotopic (exact) mass is 465 g/mol. The molecule has 0 spiro atoms. The van der Waals surface area contributed by atoms with E-state index in [-0.39, 0.29) is 36.0 Å². The summed E-state index contributed by atoms with van der Waals surface area (Å²) in [5.41, 5.74) is 5.67. The van der Waals surface area contributed by atoms with Crippen molar-refractivity contribution >= 4 is 17.6 Å². The normalized spacial score (nSPS) is 10.3. The number of carbonyl (C=O) groups is 1. The minimum absolute atomic E-state index is 0. The Hall–Kier alpha value is -2.63. The van der Waals surface area contributed by atoms with Crippen molar-refractivity contribution in [1.82, 2.24) is 4.98 Å². The fourth-order valence-electron chi connectivity index (χ4n) is 3.59. The topological polar surface area (TPSA) is 62.2 Å². The second-order valence-corrected chi connectivity index (χ2v) is 7.83. The smallest absolute Gasteiger partial charge is 0.550 e. The summed E-state index contributed by atoms with van der Waals surface area (Å²) in [6.07, 6.45) is 1.96. The molecular weight excluding hydrogens is 445 g/mol. The van der Waals surface area contributed by atoms with E-state index in [2.05, 4.69) is 4.98 Å². The van der Waals surface area contributed by atoms with E-state index in [0.29, 0.717) is 23.9 Å². The van der Waals surface area contributed by atoms with Gasteiger partial charge in [-0.05, 0) is 52.8 Å². The number of benzene rings is 3. The van der Waals surface area contributed by atoms with Crippen molar-refractivity contribution in [3.8, 4) is 28.1 Å². The molecule has 0 N–H and O–H groups in total. The number of aryl methyl sites for hydroxylation is 1. The van der Waals surface area contributed by atoms with Crippen molar-refractivity contribution < 1.29 is 44.2 Å². The molecule has 0 fully saturated rings. The molecule has 33 heavy (non-hydrogen) atoms. The van der Waals surface area contributed by atoms with Crippen LogP contribution in [0, 0.1) is 0 Å². The van der Waals surface area contributed by atoms with Gasteiger partial charge in [0, 0.05) is 17.7 Å². The number of halogens is 1. The zero-order chi connectivity index (χ0) is 22.3. The molecule has 1 heterocycles. The number of rotatable bonds is 8. The van der Waals surface area contributed by atoms with E-state index < -0.39 is 5.97 Å².